The predicted molar refractivity (Wildman–Crippen MR) is 115 cm³/mol. The molecule has 2 aliphatic heterocycles. The van der Waals surface area contributed by atoms with Crippen molar-refractivity contribution < 1.29 is 9.59 Å². The van der Waals surface area contributed by atoms with Crippen LogP contribution in [0.25, 0.3) is 0 Å². The molecule has 3 aliphatic rings. The van der Waals surface area contributed by atoms with Crippen molar-refractivity contribution in [2.45, 2.75) is 51.5 Å². The molecule has 0 spiro atoms. The van der Waals surface area contributed by atoms with E-state index in [2.05, 4.69) is 14.9 Å². The van der Waals surface area contributed by atoms with Crippen molar-refractivity contribution in [1.82, 2.24) is 24.5 Å². The largest absolute Gasteiger partial charge is 0.348 e. The number of fused-ring (bicyclic) bond motifs is 1. The van der Waals surface area contributed by atoms with E-state index in [-0.39, 0.29) is 17.2 Å². The predicted octanol–water partition coefficient (Wildman–Crippen LogP) is 2.13. The summed E-state index contributed by atoms with van der Waals surface area (Å²) in [5.74, 6) is 1.30. The molecule has 1 saturated carbocycles. The first-order valence-electron chi connectivity index (χ1n) is 11.6. The summed E-state index contributed by atoms with van der Waals surface area (Å²) in [6.45, 7) is 3.96. The van der Waals surface area contributed by atoms with Gasteiger partial charge in [0.2, 0.25) is 11.8 Å². The highest BCUT2D eigenvalue weighted by atomic mass is 16.2. The van der Waals surface area contributed by atoms with E-state index in [0.717, 1.165) is 39.0 Å². The second-order valence-electron chi connectivity index (χ2n) is 10.0. The van der Waals surface area contributed by atoms with E-state index in [9.17, 15) is 9.59 Å². The lowest BCUT2D eigenvalue weighted by molar-refractivity contribution is -0.142. The minimum Gasteiger partial charge on any atom is -0.348 e. The Morgan fingerprint density at radius 3 is 2.63 bits per heavy atom. The van der Waals surface area contributed by atoms with Gasteiger partial charge in [0, 0.05) is 78.0 Å². The number of nitrogens with zero attached hydrogens (tertiary/aromatic N) is 5. The Labute approximate surface area is 180 Å². The summed E-state index contributed by atoms with van der Waals surface area (Å²) < 4.78 is 1.83. The highest BCUT2D eigenvalue weighted by Gasteiger charge is 2.53. The molecule has 1 aromatic heterocycles. The van der Waals surface area contributed by atoms with Gasteiger partial charge < -0.3 is 9.80 Å². The van der Waals surface area contributed by atoms with E-state index >= 15 is 0 Å². The van der Waals surface area contributed by atoms with Crippen molar-refractivity contribution in [3.05, 3.63) is 18.0 Å². The normalized spacial score (nSPS) is 27.8. The molecule has 7 heteroatoms. The van der Waals surface area contributed by atoms with Gasteiger partial charge in [-0.2, -0.15) is 5.10 Å². The van der Waals surface area contributed by atoms with Crippen molar-refractivity contribution >= 4 is 11.8 Å². The van der Waals surface area contributed by atoms with Crippen LogP contribution in [0.3, 0.4) is 0 Å². The molecule has 2 atom stereocenters. The summed E-state index contributed by atoms with van der Waals surface area (Å²) >= 11 is 0. The van der Waals surface area contributed by atoms with Crippen LogP contribution in [0.2, 0.25) is 0 Å². The molecule has 0 bridgehead atoms. The highest BCUT2D eigenvalue weighted by molar-refractivity contribution is 5.84. The summed E-state index contributed by atoms with van der Waals surface area (Å²) in [6.07, 6.45) is 11.4. The van der Waals surface area contributed by atoms with Crippen LogP contribution in [0.4, 0.5) is 0 Å². The molecular formula is C23H37N5O2. The van der Waals surface area contributed by atoms with Gasteiger partial charge in [-0.05, 0) is 31.6 Å². The molecule has 0 N–H and O–H groups in total. The van der Waals surface area contributed by atoms with Crippen LogP contribution in [0.1, 0.15) is 50.5 Å². The zero-order valence-electron chi connectivity index (χ0n) is 18.8. The van der Waals surface area contributed by atoms with Gasteiger partial charge in [-0.25, -0.2) is 0 Å². The maximum atomic E-state index is 13.4. The second-order valence-corrected chi connectivity index (χ2v) is 10.0. The zero-order valence-corrected chi connectivity index (χ0v) is 18.8. The van der Waals surface area contributed by atoms with Crippen LogP contribution < -0.4 is 0 Å². The second kappa shape index (κ2) is 8.69. The molecule has 2 saturated heterocycles. The van der Waals surface area contributed by atoms with Crippen molar-refractivity contribution in [1.29, 1.82) is 0 Å². The minimum absolute atomic E-state index is 0.194. The number of carbonyl (C=O) groups excluding carboxylic acids is 2. The molecule has 0 radical (unpaired) electrons. The lowest BCUT2D eigenvalue weighted by Gasteiger charge is -2.35. The average Bonchev–Trinajstić information content (AvgIpc) is 3.40. The zero-order chi connectivity index (χ0) is 21.3. The molecule has 4 rings (SSSR count). The summed E-state index contributed by atoms with van der Waals surface area (Å²) in [4.78, 5) is 32.7. The van der Waals surface area contributed by atoms with Crippen molar-refractivity contribution in [2.24, 2.45) is 24.3 Å². The van der Waals surface area contributed by atoms with Crippen LogP contribution in [0, 0.1) is 17.3 Å². The number of aromatic nitrogens is 2. The molecule has 166 valence electrons. The van der Waals surface area contributed by atoms with Crippen LogP contribution in [0.5, 0.6) is 0 Å². The fourth-order valence-corrected chi connectivity index (χ4v) is 6.08. The van der Waals surface area contributed by atoms with E-state index in [4.69, 9.17) is 0 Å². The fraction of sp³-hybridized carbons (Fsp3) is 0.783. The van der Waals surface area contributed by atoms with Crippen molar-refractivity contribution in [3.63, 3.8) is 0 Å². The molecule has 1 aliphatic carbocycles. The first-order chi connectivity index (χ1) is 14.4. The third kappa shape index (κ3) is 4.27. The van der Waals surface area contributed by atoms with Gasteiger partial charge in [0.1, 0.15) is 0 Å². The number of rotatable bonds is 5. The number of hydrogen-bond donors (Lipinski definition) is 0. The Hall–Kier alpha value is -1.89. The van der Waals surface area contributed by atoms with E-state index in [1.165, 1.54) is 31.2 Å². The Morgan fingerprint density at radius 1 is 1.20 bits per heavy atom. The first kappa shape index (κ1) is 21.3. The lowest BCUT2D eigenvalue weighted by Crippen LogP contribution is -2.47. The Kier molecular flexibility index (Phi) is 6.19. The maximum Gasteiger partial charge on any atom is 0.229 e. The van der Waals surface area contributed by atoms with E-state index in [1.54, 1.807) is 4.90 Å². The standard InChI is InChI=1S/C23H37N5O2/c1-25(2)22(30)23-9-6-10-28(21(29)11-18-7-4-5-8-18)16-20(23)15-27(17-23)14-19-12-24-26(3)13-19/h12-13,18,20H,4-11,14-17H2,1-3H3/t20-,23+/m1/s1. The first-order valence-corrected chi connectivity index (χ1v) is 11.6. The quantitative estimate of drug-likeness (QED) is 0.739. The monoisotopic (exact) mass is 415 g/mol. The minimum atomic E-state index is -0.381. The van der Waals surface area contributed by atoms with Gasteiger partial charge in [0.15, 0.2) is 0 Å². The SMILES string of the molecule is CN(C)C(=O)[C@]12CCCN(C(=O)CC3CCCC3)C[C@H]1CN(Cc1cnn(C)c1)C2. The van der Waals surface area contributed by atoms with Crippen LogP contribution in [-0.4, -0.2) is 76.6 Å². The average molecular weight is 416 g/mol. The van der Waals surface area contributed by atoms with Gasteiger partial charge in [-0.1, -0.05) is 12.8 Å². The highest BCUT2D eigenvalue weighted by Crippen LogP contribution is 2.44. The number of carbonyl (C=O) groups is 2. The Balaban J connectivity index is 1.50. The molecule has 7 nitrogen and oxygen atoms in total. The summed E-state index contributed by atoms with van der Waals surface area (Å²) in [5.41, 5.74) is 0.796. The number of likely N-dealkylation sites (tertiary alicyclic amines) is 2. The summed E-state index contributed by atoms with van der Waals surface area (Å²) in [5, 5.41) is 4.29. The fourth-order valence-electron chi connectivity index (χ4n) is 6.08. The van der Waals surface area contributed by atoms with Gasteiger partial charge in [0.25, 0.3) is 0 Å². The Morgan fingerprint density at radius 2 is 1.97 bits per heavy atom. The third-order valence-electron chi connectivity index (χ3n) is 7.54. The molecule has 30 heavy (non-hydrogen) atoms. The van der Waals surface area contributed by atoms with E-state index < -0.39 is 0 Å². The van der Waals surface area contributed by atoms with Gasteiger partial charge >= 0.3 is 0 Å². The lowest BCUT2D eigenvalue weighted by atomic mass is 9.74. The van der Waals surface area contributed by atoms with Crippen LogP contribution >= 0.6 is 0 Å². The smallest absolute Gasteiger partial charge is 0.229 e. The van der Waals surface area contributed by atoms with E-state index in [0.29, 0.717) is 24.8 Å². The number of aryl methyl sites for hydroxylation is 1. The Bertz CT molecular complexity index is 769. The molecule has 3 fully saturated rings. The maximum absolute atomic E-state index is 13.4. The number of amides is 2. The summed E-state index contributed by atoms with van der Waals surface area (Å²) in [7, 11) is 5.67. The molecule has 1 aromatic rings. The van der Waals surface area contributed by atoms with Gasteiger partial charge in [-0.3, -0.25) is 19.2 Å². The van der Waals surface area contributed by atoms with Gasteiger partial charge in [0.05, 0.1) is 11.6 Å². The number of hydrogen-bond acceptors (Lipinski definition) is 4. The van der Waals surface area contributed by atoms with Crippen molar-refractivity contribution in [2.75, 3.05) is 40.3 Å². The summed E-state index contributed by atoms with van der Waals surface area (Å²) in [6, 6.07) is 0. The van der Waals surface area contributed by atoms with E-state index in [1.807, 2.05) is 38.2 Å². The van der Waals surface area contributed by atoms with Crippen LogP contribution in [0.15, 0.2) is 12.4 Å². The van der Waals surface area contributed by atoms with Gasteiger partial charge in [-0.15, -0.1) is 0 Å². The topological polar surface area (TPSA) is 61.7 Å². The molecule has 0 unspecified atom stereocenters. The molecular weight excluding hydrogens is 378 g/mol. The molecule has 0 aromatic carbocycles. The van der Waals surface area contributed by atoms with Crippen LogP contribution in [-0.2, 0) is 23.2 Å². The van der Waals surface area contributed by atoms with Crippen molar-refractivity contribution in [3.8, 4) is 0 Å². The molecule has 2 amide bonds. The molecule has 3 heterocycles. The third-order valence-corrected chi connectivity index (χ3v) is 7.54.